The summed E-state index contributed by atoms with van der Waals surface area (Å²) in [5.41, 5.74) is 2.05. The zero-order chi connectivity index (χ0) is 20.5. The minimum atomic E-state index is -0.103. The number of aromatic nitrogens is 2. The van der Waals surface area contributed by atoms with Crippen LogP contribution in [-0.2, 0) is 11.3 Å². The number of carbonyl (C=O) groups is 2. The van der Waals surface area contributed by atoms with Crippen LogP contribution in [0.25, 0.3) is 0 Å². The third-order valence-electron chi connectivity index (χ3n) is 4.60. The maximum absolute atomic E-state index is 13.2. The second-order valence-electron chi connectivity index (χ2n) is 6.83. The summed E-state index contributed by atoms with van der Waals surface area (Å²) in [5.74, 6) is -0.173. The van der Waals surface area contributed by atoms with Gasteiger partial charge in [0.05, 0.1) is 6.33 Å². The Bertz CT molecular complexity index is 923. The third-order valence-corrected chi connectivity index (χ3v) is 4.60. The van der Waals surface area contributed by atoms with E-state index in [4.69, 9.17) is 0 Å². The number of carbonyl (C=O) groups excluding carboxylic acids is 2. The fourth-order valence-corrected chi connectivity index (χ4v) is 3.03. The first-order valence-corrected chi connectivity index (χ1v) is 9.90. The number of amides is 2. The Hall–Kier alpha value is -3.41. The highest BCUT2D eigenvalue weighted by atomic mass is 16.2. The van der Waals surface area contributed by atoms with Crippen molar-refractivity contribution in [2.24, 2.45) is 0 Å². The van der Waals surface area contributed by atoms with Gasteiger partial charge < -0.3 is 14.8 Å². The number of benzene rings is 2. The molecule has 0 aliphatic carbocycles. The van der Waals surface area contributed by atoms with E-state index in [1.807, 2.05) is 41.1 Å². The maximum Gasteiger partial charge on any atom is 0.258 e. The molecule has 6 nitrogen and oxygen atoms in total. The zero-order valence-corrected chi connectivity index (χ0v) is 16.6. The van der Waals surface area contributed by atoms with Gasteiger partial charge in [0.1, 0.15) is 0 Å². The molecule has 1 aromatic heterocycles. The Labute approximate surface area is 171 Å². The maximum atomic E-state index is 13.2. The number of hydrogen-bond donors (Lipinski definition) is 1. The molecule has 6 heteroatoms. The molecule has 2 aromatic carbocycles. The number of aryl methyl sites for hydroxylation is 1. The van der Waals surface area contributed by atoms with Gasteiger partial charge in [0.15, 0.2) is 0 Å². The summed E-state index contributed by atoms with van der Waals surface area (Å²) in [6.45, 7) is 3.32. The van der Waals surface area contributed by atoms with Crippen LogP contribution < -0.4 is 10.2 Å². The quantitative estimate of drug-likeness (QED) is 0.590. The Morgan fingerprint density at radius 2 is 1.93 bits per heavy atom. The summed E-state index contributed by atoms with van der Waals surface area (Å²) in [4.78, 5) is 31.2. The zero-order valence-electron chi connectivity index (χ0n) is 16.6. The van der Waals surface area contributed by atoms with Crippen LogP contribution in [0.2, 0.25) is 0 Å². The van der Waals surface area contributed by atoms with E-state index in [-0.39, 0.29) is 11.8 Å². The number of rotatable bonds is 9. The van der Waals surface area contributed by atoms with Gasteiger partial charge in [-0.05, 0) is 36.8 Å². The number of anilines is 2. The predicted octanol–water partition coefficient (Wildman–Crippen LogP) is 4.36. The number of nitrogens with zero attached hydrogens (tertiary/aromatic N) is 3. The normalized spacial score (nSPS) is 10.5. The average molecular weight is 390 g/mol. The molecule has 3 aromatic rings. The van der Waals surface area contributed by atoms with Gasteiger partial charge in [0, 0.05) is 48.8 Å². The number of nitrogens with one attached hydrogen (secondary N) is 1. The number of imidazole rings is 1. The van der Waals surface area contributed by atoms with E-state index in [1.165, 1.54) is 0 Å². The second kappa shape index (κ2) is 10.2. The molecule has 0 unspecified atom stereocenters. The third kappa shape index (κ3) is 5.78. The average Bonchev–Trinajstić information content (AvgIpc) is 3.27. The minimum absolute atomic E-state index is 0.0702. The summed E-state index contributed by atoms with van der Waals surface area (Å²) in [6, 6.07) is 16.8. The van der Waals surface area contributed by atoms with Gasteiger partial charge in [0.2, 0.25) is 5.91 Å². The van der Waals surface area contributed by atoms with E-state index in [9.17, 15) is 9.59 Å². The highest BCUT2D eigenvalue weighted by molar-refractivity contribution is 6.07. The van der Waals surface area contributed by atoms with Gasteiger partial charge in [-0.2, -0.15) is 0 Å². The molecule has 0 fully saturated rings. The molecule has 3 rings (SSSR count). The van der Waals surface area contributed by atoms with Crippen LogP contribution in [-0.4, -0.2) is 27.9 Å². The van der Waals surface area contributed by atoms with Crippen LogP contribution in [0.15, 0.2) is 73.3 Å². The van der Waals surface area contributed by atoms with E-state index in [2.05, 4.69) is 17.2 Å². The minimum Gasteiger partial charge on any atom is -0.337 e. The van der Waals surface area contributed by atoms with Gasteiger partial charge >= 0.3 is 0 Å². The largest absolute Gasteiger partial charge is 0.337 e. The summed E-state index contributed by atoms with van der Waals surface area (Å²) < 4.78 is 1.85. The van der Waals surface area contributed by atoms with Crippen molar-refractivity contribution in [3.8, 4) is 0 Å². The second-order valence-corrected chi connectivity index (χ2v) is 6.83. The molecule has 1 heterocycles. The molecule has 29 heavy (non-hydrogen) atoms. The van der Waals surface area contributed by atoms with Crippen molar-refractivity contribution < 1.29 is 9.59 Å². The lowest BCUT2D eigenvalue weighted by Crippen LogP contribution is -2.32. The Kier molecular flexibility index (Phi) is 7.16. The van der Waals surface area contributed by atoms with E-state index < -0.39 is 0 Å². The van der Waals surface area contributed by atoms with Crippen molar-refractivity contribution in [2.45, 2.75) is 32.7 Å². The van der Waals surface area contributed by atoms with Crippen molar-refractivity contribution in [1.29, 1.82) is 0 Å². The number of para-hydroxylation sites is 1. The Morgan fingerprint density at radius 3 is 2.66 bits per heavy atom. The molecule has 0 atom stereocenters. The van der Waals surface area contributed by atoms with Gasteiger partial charge in [-0.3, -0.25) is 9.59 Å². The molecule has 2 amide bonds. The van der Waals surface area contributed by atoms with Gasteiger partial charge in [-0.15, -0.1) is 0 Å². The topological polar surface area (TPSA) is 67.2 Å². The fraction of sp³-hybridized carbons (Fsp3) is 0.261. The van der Waals surface area contributed by atoms with E-state index in [0.29, 0.717) is 30.8 Å². The van der Waals surface area contributed by atoms with Crippen LogP contribution in [0.1, 0.15) is 36.5 Å². The standard InChI is InChI=1S/C23H26N4O2/c1-2-3-14-27(21-10-5-4-6-11-21)23(29)19-8-7-9-20(17-19)25-22(28)12-15-26-16-13-24-18-26/h4-11,13,16-18H,2-3,12,14-15H2,1H3,(H,25,28). The van der Waals surface area contributed by atoms with Crippen molar-refractivity contribution in [1.82, 2.24) is 9.55 Å². The SMILES string of the molecule is CCCCN(C(=O)c1cccc(NC(=O)CCn2ccnc2)c1)c1ccccc1. The van der Waals surface area contributed by atoms with Crippen LogP contribution in [0, 0.1) is 0 Å². The highest BCUT2D eigenvalue weighted by Crippen LogP contribution is 2.20. The molecule has 0 bridgehead atoms. The van der Waals surface area contributed by atoms with Crippen molar-refractivity contribution in [2.75, 3.05) is 16.8 Å². The molecule has 1 N–H and O–H groups in total. The summed E-state index contributed by atoms with van der Waals surface area (Å²) >= 11 is 0. The lowest BCUT2D eigenvalue weighted by atomic mass is 10.1. The molecule has 0 aliphatic heterocycles. The van der Waals surface area contributed by atoms with Crippen LogP contribution in [0.5, 0.6) is 0 Å². The van der Waals surface area contributed by atoms with E-state index in [0.717, 1.165) is 18.5 Å². The highest BCUT2D eigenvalue weighted by Gasteiger charge is 2.17. The summed E-state index contributed by atoms with van der Waals surface area (Å²) in [7, 11) is 0. The fourth-order valence-electron chi connectivity index (χ4n) is 3.03. The summed E-state index contributed by atoms with van der Waals surface area (Å²) in [5, 5.41) is 2.88. The lowest BCUT2D eigenvalue weighted by molar-refractivity contribution is -0.116. The molecule has 0 spiro atoms. The molecule has 0 saturated heterocycles. The van der Waals surface area contributed by atoms with Crippen LogP contribution in [0.3, 0.4) is 0 Å². The first kappa shape index (κ1) is 20.3. The van der Waals surface area contributed by atoms with Crippen molar-refractivity contribution in [3.05, 3.63) is 78.9 Å². The van der Waals surface area contributed by atoms with Crippen molar-refractivity contribution >= 4 is 23.2 Å². The monoisotopic (exact) mass is 390 g/mol. The molecular formula is C23H26N4O2. The van der Waals surface area contributed by atoms with E-state index >= 15 is 0 Å². The Balaban J connectivity index is 1.69. The van der Waals surface area contributed by atoms with Crippen LogP contribution in [0.4, 0.5) is 11.4 Å². The van der Waals surface area contributed by atoms with Crippen molar-refractivity contribution in [3.63, 3.8) is 0 Å². The predicted molar refractivity (Wildman–Crippen MR) is 115 cm³/mol. The number of hydrogen-bond acceptors (Lipinski definition) is 3. The molecule has 0 radical (unpaired) electrons. The molecule has 0 saturated carbocycles. The first-order valence-electron chi connectivity index (χ1n) is 9.90. The summed E-state index contributed by atoms with van der Waals surface area (Å²) in [6.07, 6.45) is 7.45. The smallest absolute Gasteiger partial charge is 0.258 e. The van der Waals surface area contributed by atoms with Gasteiger partial charge in [0.25, 0.3) is 5.91 Å². The number of unbranched alkanes of at least 4 members (excludes halogenated alkanes) is 1. The van der Waals surface area contributed by atoms with Crippen LogP contribution >= 0.6 is 0 Å². The Morgan fingerprint density at radius 1 is 1.10 bits per heavy atom. The molecular weight excluding hydrogens is 364 g/mol. The lowest BCUT2D eigenvalue weighted by Gasteiger charge is -2.23. The van der Waals surface area contributed by atoms with E-state index in [1.54, 1.807) is 41.7 Å². The first-order chi connectivity index (χ1) is 14.2. The van der Waals surface area contributed by atoms with Gasteiger partial charge in [-0.1, -0.05) is 37.6 Å². The molecule has 0 aliphatic rings. The van der Waals surface area contributed by atoms with Gasteiger partial charge in [-0.25, -0.2) is 4.98 Å². The molecule has 150 valence electrons.